The molecule has 0 aliphatic rings. The van der Waals surface area contributed by atoms with Crippen molar-refractivity contribution in [2.45, 2.75) is 13.8 Å². The van der Waals surface area contributed by atoms with E-state index in [9.17, 15) is 4.79 Å². The fourth-order valence-corrected chi connectivity index (χ4v) is 1.63. The molecule has 3 nitrogen and oxygen atoms in total. The average Bonchev–Trinajstić information content (AvgIpc) is 2.13. The van der Waals surface area contributed by atoms with Crippen LogP contribution in [0, 0.1) is 6.92 Å². The lowest BCUT2D eigenvalue weighted by molar-refractivity contribution is 0.0807. The van der Waals surface area contributed by atoms with E-state index < -0.39 is 0 Å². The number of likely N-dealkylation sites (N-methyl/N-ethyl adjacent to an activating group) is 1. The number of carbonyl (C=O) groups excluding carboxylic acids is 1. The third-order valence-corrected chi connectivity index (χ3v) is 2.20. The summed E-state index contributed by atoms with van der Waals surface area (Å²) in [5.41, 5.74) is 8.90. The summed E-state index contributed by atoms with van der Waals surface area (Å²) in [5, 5.41) is 0. The van der Waals surface area contributed by atoms with Crippen molar-refractivity contribution >= 4 is 11.6 Å². The summed E-state index contributed by atoms with van der Waals surface area (Å²) in [6.07, 6.45) is 0. The SMILES string of the molecule is C=C(C)CN(C)C(=O)c1cc(C)cc(N)c1. The van der Waals surface area contributed by atoms with E-state index in [0.717, 1.165) is 11.1 Å². The van der Waals surface area contributed by atoms with Crippen LogP contribution in [0.25, 0.3) is 0 Å². The van der Waals surface area contributed by atoms with Crippen molar-refractivity contribution in [1.82, 2.24) is 4.90 Å². The Kier molecular flexibility index (Phi) is 3.72. The van der Waals surface area contributed by atoms with Gasteiger partial charge in [-0.3, -0.25) is 4.79 Å². The largest absolute Gasteiger partial charge is 0.399 e. The Balaban J connectivity index is 2.91. The minimum Gasteiger partial charge on any atom is -0.399 e. The highest BCUT2D eigenvalue weighted by Gasteiger charge is 2.12. The van der Waals surface area contributed by atoms with Gasteiger partial charge in [-0.1, -0.05) is 12.2 Å². The minimum atomic E-state index is -0.0293. The van der Waals surface area contributed by atoms with E-state index in [-0.39, 0.29) is 5.91 Å². The fraction of sp³-hybridized carbons (Fsp3) is 0.308. The summed E-state index contributed by atoms with van der Waals surface area (Å²) >= 11 is 0. The van der Waals surface area contributed by atoms with Crippen LogP contribution in [0.3, 0.4) is 0 Å². The average molecular weight is 218 g/mol. The molecule has 1 aromatic carbocycles. The first-order valence-electron chi connectivity index (χ1n) is 5.17. The van der Waals surface area contributed by atoms with Crippen LogP contribution in [0.2, 0.25) is 0 Å². The third kappa shape index (κ3) is 3.12. The van der Waals surface area contributed by atoms with Gasteiger partial charge in [0.05, 0.1) is 0 Å². The maximum absolute atomic E-state index is 12.0. The molecule has 0 unspecified atom stereocenters. The van der Waals surface area contributed by atoms with Crippen LogP contribution in [0.15, 0.2) is 30.4 Å². The van der Waals surface area contributed by atoms with Crippen molar-refractivity contribution in [3.63, 3.8) is 0 Å². The molecule has 0 aliphatic carbocycles. The Labute approximate surface area is 96.6 Å². The number of anilines is 1. The van der Waals surface area contributed by atoms with Gasteiger partial charge in [0.25, 0.3) is 5.91 Å². The predicted octanol–water partition coefficient (Wildman–Crippen LogP) is 2.23. The number of benzene rings is 1. The molecule has 0 aromatic heterocycles. The van der Waals surface area contributed by atoms with Crippen molar-refractivity contribution in [2.75, 3.05) is 19.3 Å². The summed E-state index contributed by atoms with van der Waals surface area (Å²) in [4.78, 5) is 13.6. The zero-order chi connectivity index (χ0) is 12.3. The van der Waals surface area contributed by atoms with Crippen molar-refractivity contribution in [1.29, 1.82) is 0 Å². The molecule has 0 aliphatic heterocycles. The van der Waals surface area contributed by atoms with Gasteiger partial charge in [-0.15, -0.1) is 0 Å². The minimum absolute atomic E-state index is 0.0293. The number of carbonyl (C=O) groups is 1. The standard InChI is InChI=1S/C13H18N2O/c1-9(2)8-15(4)13(16)11-5-10(3)6-12(14)7-11/h5-7H,1,8,14H2,2-4H3. The van der Waals surface area contributed by atoms with Gasteiger partial charge in [-0.2, -0.15) is 0 Å². The van der Waals surface area contributed by atoms with Crippen LogP contribution in [-0.4, -0.2) is 24.4 Å². The van der Waals surface area contributed by atoms with Gasteiger partial charge in [0.2, 0.25) is 0 Å². The maximum atomic E-state index is 12.0. The van der Waals surface area contributed by atoms with Gasteiger partial charge < -0.3 is 10.6 Å². The quantitative estimate of drug-likeness (QED) is 0.624. The van der Waals surface area contributed by atoms with E-state index in [2.05, 4.69) is 6.58 Å². The van der Waals surface area contributed by atoms with Crippen LogP contribution in [0.5, 0.6) is 0 Å². The monoisotopic (exact) mass is 218 g/mol. The highest BCUT2D eigenvalue weighted by Crippen LogP contribution is 2.13. The van der Waals surface area contributed by atoms with E-state index in [1.165, 1.54) is 0 Å². The Bertz CT molecular complexity index is 404. The predicted molar refractivity (Wildman–Crippen MR) is 67.4 cm³/mol. The Hall–Kier alpha value is -1.77. The number of aryl methyl sites for hydroxylation is 1. The van der Waals surface area contributed by atoms with E-state index >= 15 is 0 Å². The highest BCUT2D eigenvalue weighted by molar-refractivity contribution is 5.95. The van der Waals surface area contributed by atoms with E-state index in [4.69, 9.17) is 5.73 Å². The van der Waals surface area contributed by atoms with E-state index in [1.807, 2.05) is 26.0 Å². The second-order valence-corrected chi connectivity index (χ2v) is 4.25. The number of nitrogens with zero attached hydrogens (tertiary/aromatic N) is 1. The molecule has 0 radical (unpaired) electrons. The van der Waals surface area contributed by atoms with Crippen LogP contribution in [-0.2, 0) is 0 Å². The van der Waals surface area contributed by atoms with Gasteiger partial charge in [-0.25, -0.2) is 0 Å². The molecule has 0 saturated heterocycles. The number of nitrogen functional groups attached to an aromatic ring is 1. The molecule has 0 bridgehead atoms. The third-order valence-electron chi connectivity index (χ3n) is 2.20. The van der Waals surface area contributed by atoms with E-state index in [1.54, 1.807) is 18.0 Å². The van der Waals surface area contributed by atoms with Crippen molar-refractivity contribution in [3.05, 3.63) is 41.5 Å². The van der Waals surface area contributed by atoms with E-state index in [0.29, 0.717) is 17.8 Å². The summed E-state index contributed by atoms with van der Waals surface area (Å²) < 4.78 is 0. The molecule has 3 heteroatoms. The molecule has 0 atom stereocenters. The number of hydrogen-bond acceptors (Lipinski definition) is 2. The summed E-state index contributed by atoms with van der Waals surface area (Å²) in [5.74, 6) is -0.0293. The molecule has 1 aromatic rings. The fourth-order valence-electron chi connectivity index (χ4n) is 1.63. The first kappa shape index (κ1) is 12.3. The molecule has 86 valence electrons. The second-order valence-electron chi connectivity index (χ2n) is 4.25. The first-order valence-corrected chi connectivity index (χ1v) is 5.17. The lowest BCUT2D eigenvalue weighted by Gasteiger charge is -2.17. The molecule has 0 saturated carbocycles. The molecule has 2 N–H and O–H groups in total. The number of hydrogen-bond donors (Lipinski definition) is 1. The normalized spacial score (nSPS) is 9.94. The number of amides is 1. The van der Waals surface area contributed by atoms with Crippen molar-refractivity contribution in [2.24, 2.45) is 0 Å². The lowest BCUT2D eigenvalue weighted by atomic mass is 10.1. The van der Waals surface area contributed by atoms with Crippen molar-refractivity contribution in [3.8, 4) is 0 Å². The number of rotatable bonds is 3. The Morgan fingerprint density at radius 3 is 2.56 bits per heavy atom. The topological polar surface area (TPSA) is 46.3 Å². The van der Waals surface area contributed by atoms with Crippen LogP contribution in [0.1, 0.15) is 22.8 Å². The first-order chi connectivity index (χ1) is 7.40. The molecule has 0 fully saturated rings. The molecular weight excluding hydrogens is 200 g/mol. The highest BCUT2D eigenvalue weighted by atomic mass is 16.2. The molecule has 1 amide bonds. The van der Waals surface area contributed by atoms with Crippen LogP contribution >= 0.6 is 0 Å². The van der Waals surface area contributed by atoms with Crippen molar-refractivity contribution < 1.29 is 4.79 Å². The molecule has 16 heavy (non-hydrogen) atoms. The lowest BCUT2D eigenvalue weighted by Crippen LogP contribution is -2.28. The van der Waals surface area contributed by atoms with Crippen LogP contribution < -0.4 is 5.73 Å². The number of nitrogens with two attached hydrogens (primary N) is 1. The Morgan fingerprint density at radius 1 is 1.44 bits per heavy atom. The van der Waals surface area contributed by atoms with Gasteiger partial charge in [0.1, 0.15) is 0 Å². The van der Waals surface area contributed by atoms with Gasteiger partial charge >= 0.3 is 0 Å². The Morgan fingerprint density at radius 2 is 2.06 bits per heavy atom. The summed E-state index contributed by atoms with van der Waals surface area (Å²) in [7, 11) is 1.76. The molecular formula is C13H18N2O. The second kappa shape index (κ2) is 4.84. The molecule has 0 spiro atoms. The molecule has 1 rings (SSSR count). The maximum Gasteiger partial charge on any atom is 0.253 e. The van der Waals surface area contributed by atoms with Crippen LogP contribution in [0.4, 0.5) is 5.69 Å². The molecule has 0 heterocycles. The summed E-state index contributed by atoms with van der Waals surface area (Å²) in [6, 6.07) is 5.38. The zero-order valence-corrected chi connectivity index (χ0v) is 10.1. The van der Waals surface area contributed by atoms with Gasteiger partial charge in [0, 0.05) is 24.8 Å². The van der Waals surface area contributed by atoms with Gasteiger partial charge in [0.15, 0.2) is 0 Å². The van der Waals surface area contributed by atoms with Gasteiger partial charge in [-0.05, 0) is 37.6 Å². The summed E-state index contributed by atoms with van der Waals surface area (Å²) in [6.45, 7) is 8.17. The zero-order valence-electron chi connectivity index (χ0n) is 10.1. The smallest absolute Gasteiger partial charge is 0.253 e.